The van der Waals surface area contributed by atoms with E-state index in [4.69, 9.17) is 15.4 Å². The fourth-order valence-electron chi connectivity index (χ4n) is 2.19. The van der Waals surface area contributed by atoms with Crippen LogP contribution < -0.4 is 0 Å². The molecule has 0 aliphatic carbocycles. The Morgan fingerprint density at radius 3 is 2.25 bits per heavy atom. The van der Waals surface area contributed by atoms with Crippen molar-refractivity contribution in [2.75, 3.05) is 20.2 Å². The van der Waals surface area contributed by atoms with E-state index in [9.17, 15) is 14.4 Å². The van der Waals surface area contributed by atoms with E-state index >= 15 is 0 Å². The van der Waals surface area contributed by atoms with Gasteiger partial charge in [0.2, 0.25) is 5.78 Å². The first-order chi connectivity index (χ1) is 9.41. The van der Waals surface area contributed by atoms with Gasteiger partial charge in [-0.25, -0.2) is 4.79 Å². The second-order valence-electron chi connectivity index (χ2n) is 4.52. The SMILES string of the molecule is CCC(=O)C(=[N+]=[N-])C(=O)C1(OC)CCN(C(=O)O)CC1. The van der Waals surface area contributed by atoms with Gasteiger partial charge in [0.15, 0.2) is 0 Å². The standard InChI is InChI=1S/C12H17N3O5/c1-3-8(16)9(14-13)10(17)12(20-2)4-6-15(7-5-12)11(18)19/h3-7H2,1-2H3,(H,18,19). The Labute approximate surface area is 115 Å². The maximum absolute atomic E-state index is 12.4. The lowest BCUT2D eigenvalue weighted by atomic mass is 9.83. The van der Waals surface area contributed by atoms with Gasteiger partial charge in [-0.2, -0.15) is 4.79 Å². The molecule has 0 atom stereocenters. The minimum absolute atomic E-state index is 0.0339. The highest BCUT2D eigenvalue weighted by atomic mass is 16.5. The van der Waals surface area contributed by atoms with Crippen LogP contribution in [0.5, 0.6) is 0 Å². The molecule has 0 aromatic heterocycles. The van der Waals surface area contributed by atoms with Crippen LogP contribution in [0.25, 0.3) is 5.53 Å². The molecule has 0 saturated carbocycles. The molecule has 1 N–H and O–H groups in total. The molecule has 110 valence electrons. The molecule has 0 bridgehead atoms. The van der Waals surface area contributed by atoms with E-state index in [1.165, 1.54) is 12.0 Å². The maximum atomic E-state index is 12.4. The van der Waals surface area contributed by atoms with Crippen molar-refractivity contribution in [1.29, 1.82) is 0 Å². The number of rotatable bonds is 5. The fourth-order valence-corrected chi connectivity index (χ4v) is 2.19. The lowest BCUT2D eigenvalue weighted by Gasteiger charge is -2.37. The average Bonchev–Trinajstić information content (AvgIpc) is 2.47. The summed E-state index contributed by atoms with van der Waals surface area (Å²) < 4.78 is 5.23. The van der Waals surface area contributed by atoms with E-state index in [0.717, 1.165) is 0 Å². The van der Waals surface area contributed by atoms with Crippen LogP contribution >= 0.6 is 0 Å². The summed E-state index contributed by atoms with van der Waals surface area (Å²) in [6, 6.07) is 0. The van der Waals surface area contributed by atoms with Crippen molar-refractivity contribution in [1.82, 2.24) is 4.90 Å². The molecule has 0 aromatic rings. The number of amides is 1. The average molecular weight is 283 g/mol. The number of methoxy groups -OCH3 is 1. The number of hydrogen-bond acceptors (Lipinski definition) is 4. The summed E-state index contributed by atoms with van der Waals surface area (Å²) in [5.41, 5.74) is 7.01. The smallest absolute Gasteiger partial charge is 0.407 e. The van der Waals surface area contributed by atoms with E-state index in [1.807, 2.05) is 0 Å². The molecule has 0 spiro atoms. The lowest BCUT2D eigenvalue weighted by molar-refractivity contribution is -0.145. The minimum atomic E-state index is -1.31. The van der Waals surface area contributed by atoms with Crippen LogP contribution in [0, 0.1) is 0 Å². The molecule has 0 radical (unpaired) electrons. The topological polar surface area (TPSA) is 120 Å². The second-order valence-corrected chi connectivity index (χ2v) is 4.52. The summed E-state index contributed by atoms with van der Waals surface area (Å²) in [4.78, 5) is 38.8. The Balaban J connectivity index is 2.96. The van der Waals surface area contributed by atoms with E-state index in [1.54, 1.807) is 6.92 Å². The zero-order valence-electron chi connectivity index (χ0n) is 11.5. The highest BCUT2D eigenvalue weighted by Crippen LogP contribution is 2.27. The van der Waals surface area contributed by atoms with Crippen LogP contribution in [0.1, 0.15) is 26.2 Å². The predicted molar refractivity (Wildman–Crippen MR) is 67.5 cm³/mol. The van der Waals surface area contributed by atoms with Gasteiger partial charge in [-0.05, 0) is 0 Å². The first-order valence-corrected chi connectivity index (χ1v) is 6.25. The van der Waals surface area contributed by atoms with Crippen molar-refractivity contribution in [2.24, 2.45) is 0 Å². The summed E-state index contributed by atoms with van der Waals surface area (Å²) in [7, 11) is 1.32. The van der Waals surface area contributed by atoms with Gasteiger partial charge in [-0.3, -0.25) is 9.59 Å². The van der Waals surface area contributed by atoms with Crippen LogP contribution in [-0.2, 0) is 14.3 Å². The number of carboxylic acid groups (broad SMARTS) is 1. The Bertz CT molecular complexity index is 473. The lowest BCUT2D eigenvalue weighted by Crippen LogP contribution is -2.55. The maximum Gasteiger partial charge on any atom is 0.407 e. The number of carbonyl (C=O) groups excluding carboxylic acids is 2. The van der Waals surface area contributed by atoms with Crippen LogP contribution in [0.15, 0.2) is 0 Å². The summed E-state index contributed by atoms with van der Waals surface area (Å²) in [5, 5.41) is 8.88. The van der Waals surface area contributed by atoms with Gasteiger partial charge < -0.3 is 20.3 Å². The zero-order valence-corrected chi connectivity index (χ0v) is 11.5. The molecule has 1 amide bonds. The van der Waals surface area contributed by atoms with E-state index < -0.39 is 29.0 Å². The number of carbonyl (C=O) groups is 3. The molecule has 1 rings (SSSR count). The Morgan fingerprint density at radius 1 is 1.35 bits per heavy atom. The van der Waals surface area contributed by atoms with Crippen molar-refractivity contribution < 1.29 is 29.0 Å². The summed E-state index contributed by atoms with van der Waals surface area (Å²) in [5.74, 6) is -1.27. The normalized spacial score (nSPS) is 17.2. The first kappa shape index (κ1) is 16.0. The molecule has 1 fully saturated rings. The molecule has 0 unspecified atom stereocenters. The molecule has 1 aliphatic heterocycles. The minimum Gasteiger partial charge on any atom is -0.465 e. The van der Waals surface area contributed by atoms with Gasteiger partial charge >= 0.3 is 11.8 Å². The first-order valence-electron chi connectivity index (χ1n) is 6.25. The molecular weight excluding hydrogens is 266 g/mol. The van der Waals surface area contributed by atoms with Gasteiger partial charge in [0.1, 0.15) is 5.60 Å². The molecule has 1 aliphatic rings. The number of ether oxygens (including phenoxy) is 1. The number of ketones is 2. The van der Waals surface area contributed by atoms with Crippen molar-refractivity contribution in [3.8, 4) is 0 Å². The van der Waals surface area contributed by atoms with E-state index in [2.05, 4.69) is 4.79 Å². The largest absolute Gasteiger partial charge is 0.465 e. The molecule has 8 heteroatoms. The Hall–Kier alpha value is -2.05. The third kappa shape index (κ3) is 2.92. The molecule has 0 aromatic carbocycles. The number of Topliss-reactive ketones (excluding diaryl/α,β-unsaturated/α-hetero) is 2. The second kappa shape index (κ2) is 6.40. The number of nitrogens with zero attached hydrogens (tertiary/aromatic N) is 3. The highest BCUT2D eigenvalue weighted by molar-refractivity contribution is 6.65. The third-order valence-corrected chi connectivity index (χ3v) is 3.55. The molecular formula is C12H17N3O5. The van der Waals surface area contributed by atoms with Crippen LogP contribution in [0.2, 0.25) is 0 Å². The Kier molecular flexibility index (Phi) is 5.12. The van der Waals surface area contributed by atoms with Gasteiger partial charge in [0.05, 0.1) is 0 Å². The van der Waals surface area contributed by atoms with Gasteiger partial charge in [0.25, 0.3) is 5.78 Å². The van der Waals surface area contributed by atoms with Crippen LogP contribution in [0.3, 0.4) is 0 Å². The van der Waals surface area contributed by atoms with Crippen molar-refractivity contribution in [2.45, 2.75) is 31.8 Å². The molecule has 8 nitrogen and oxygen atoms in total. The summed E-state index contributed by atoms with van der Waals surface area (Å²) in [6.07, 6.45) is -0.801. The molecule has 20 heavy (non-hydrogen) atoms. The zero-order chi connectivity index (χ0) is 15.3. The third-order valence-electron chi connectivity index (χ3n) is 3.55. The molecule has 1 heterocycles. The molecule has 1 saturated heterocycles. The van der Waals surface area contributed by atoms with Gasteiger partial charge in [0, 0.05) is 39.5 Å². The Morgan fingerprint density at radius 2 is 1.90 bits per heavy atom. The van der Waals surface area contributed by atoms with E-state index in [-0.39, 0.29) is 32.4 Å². The van der Waals surface area contributed by atoms with Gasteiger partial charge in [-0.1, -0.05) is 6.92 Å². The van der Waals surface area contributed by atoms with Crippen LogP contribution in [-0.4, -0.2) is 64.0 Å². The van der Waals surface area contributed by atoms with Crippen LogP contribution in [0.4, 0.5) is 4.79 Å². The highest BCUT2D eigenvalue weighted by Gasteiger charge is 2.49. The fraction of sp³-hybridized carbons (Fsp3) is 0.667. The van der Waals surface area contributed by atoms with Gasteiger partial charge in [-0.15, -0.1) is 0 Å². The number of piperidine rings is 1. The monoisotopic (exact) mass is 283 g/mol. The quantitative estimate of drug-likeness (QED) is 0.338. The predicted octanol–water partition coefficient (Wildman–Crippen LogP) is 0.364. The number of hydrogen-bond donors (Lipinski definition) is 1. The summed E-state index contributed by atoms with van der Waals surface area (Å²) >= 11 is 0. The van der Waals surface area contributed by atoms with E-state index in [0.29, 0.717) is 0 Å². The van der Waals surface area contributed by atoms with Crippen molar-refractivity contribution in [3.05, 3.63) is 5.53 Å². The van der Waals surface area contributed by atoms with Crippen molar-refractivity contribution >= 4 is 23.4 Å². The number of likely N-dealkylation sites (tertiary alicyclic amines) is 1. The van der Waals surface area contributed by atoms with Crippen molar-refractivity contribution in [3.63, 3.8) is 0 Å². The summed E-state index contributed by atoms with van der Waals surface area (Å²) in [6.45, 7) is 1.79.